The van der Waals surface area contributed by atoms with Crippen LogP contribution in [0.25, 0.3) is 10.1 Å². The molecule has 0 aliphatic carbocycles. The van der Waals surface area contributed by atoms with Crippen LogP contribution in [-0.4, -0.2) is 74.3 Å². The first-order chi connectivity index (χ1) is 18.5. The number of fused-ring (bicyclic) bond motifs is 1. The molecule has 3 aromatic rings. The first-order valence-electron chi connectivity index (χ1n) is 12.9. The minimum atomic E-state index is -0.240. The summed E-state index contributed by atoms with van der Waals surface area (Å²) in [5.41, 5.74) is 2.71. The Kier molecular flexibility index (Phi) is 10.1. The fourth-order valence-electron chi connectivity index (χ4n) is 4.25. The van der Waals surface area contributed by atoms with E-state index >= 15 is 0 Å². The van der Waals surface area contributed by atoms with Crippen LogP contribution in [0, 0.1) is 0 Å². The third kappa shape index (κ3) is 7.79. The molecule has 1 aromatic heterocycles. The van der Waals surface area contributed by atoms with Gasteiger partial charge in [-0.05, 0) is 77.6 Å². The van der Waals surface area contributed by atoms with Crippen molar-refractivity contribution in [2.45, 2.75) is 32.3 Å². The van der Waals surface area contributed by atoms with E-state index in [1.807, 2.05) is 23.1 Å². The highest BCUT2D eigenvalue weighted by Gasteiger charge is 2.20. The first kappa shape index (κ1) is 27.6. The smallest absolute Gasteiger partial charge is 0.260 e. The molecular formula is C29H35N3O5S. The van der Waals surface area contributed by atoms with Gasteiger partial charge >= 0.3 is 0 Å². The molecule has 0 saturated carbocycles. The Morgan fingerprint density at radius 3 is 2.61 bits per heavy atom. The lowest BCUT2D eigenvalue weighted by Gasteiger charge is -2.28. The molecule has 1 saturated heterocycles. The lowest BCUT2D eigenvalue weighted by atomic mass is 10.1. The zero-order valence-electron chi connectivity index (χ0n) is 22.1. The third-order valence-corrected chi connectivity index (χ3v) is 7.41. The summed E-state index contributed by atoms with van der Waals surface area (Å²) in [6.45, 7) is 2.37. The highest BCUT2D eigenvalue weighted by molar-refractivity contribution is 7.17. The molecule has 0 N–H and O–H groups in total. The van der Waals surface area contributed by atoms with Gasteiger partial charge in [-0.3, -0.25) is 9.59 Å². The third-order valence-electron chi connectivity index (χ3n) is 6.53. The molecule has 4 rings (SSSR count). The van der Waals surface area contributed by atoms with Crippen LogP contribution >= 0.6 is 11.3 Å². The molecule has 1 fully saturated rings. The molecule has 202 valence electrons. The van der Waals surface area contributed by atoms with E-state index in [0.29, 0.717) is 25.4 Å². The number of methoxy groups -OCH3 is 1. The highest BCUT2D eigenvalue weighted by Crippen LogP contribution is 2.22. The molecule has 0 atom stereocenters. The van der Waals surface area contributed by atoms with E-state index in [2.05, 4.69) is 28.7 Å². The molecule has 2 amide bonds. The molecule has 2 aromatic carbocycles. The predicted octanol–water partition coefficient (Wildman–Crippen LogP) is 4.71. The zero-order chi connectivity index (χ0) is 26.7. The summed E-state index contributed by atoms with van der Waals surface area (Å²) in [6, 6.07) is 15.7. The highest BCUT2D eigenvalue weighted by atomic mass is 32.1. The van der Waals surface area contributed by atoms with Gasteiger partial charge in [0.2, 0.25) is 5.91 Å². The van der Waals surface area contributed by atoms with Crippen LogP contribution in [0.3, 0.4) is 0 Å². The van der Waals surface area contributed by atoms with Crippen molar-refractivity contribution in [3.05, 3.63) is 65.0 Å². The minimum absolute atomic E-state index is 0.0120. The largest absolute Gasteiger partial charge is 0.484 e. The molecule has 1 aliphatic rings. The Morgan fingerprint density at radius 2 is 1.84 bits per heavy atom. The Labute approximate surface area is 227 Å². The van der Waals surface area contributed by atoms with E-state index < -0.39 is 0 Å². The first-order valence-corrected chi connectivity index (χ1v) is 13.8. The average molecular weight is 538 g/mol. The second-order valence-electron chi connectivity index (χ2n) is 9.35. The molecule has 1 aliphatic heterocycles. The fraction of sp³-hybridized carbons (Fsp3) is 0.414. The SMILES string of the molecule is COCCC(=NOCc1ccc2ccsc2c1)c1ccc(OCC(=O)N(C)CC(=O)N2CCCCC2)cc1. The van der Waals surface area contributed by atoms with E-state index in [1.165, 1.54) is 15.0 Å². The van der Waals surface area contributed by atoms with E-state index in [0.717, 1.165) is 49.2 Å². The number of likely N-dealkylation sites (N-methyl/N-ethyl adjacent to an activating group) is 1. The van der Waals surface area contributed by atoms with Gasteiger partial charge in [-0.15, -0.1) is 11.3 Å². The van der Waals surface area contributed by atoms with Crippen molar-refractivity contribution in [3.63, 3.8) is 0 Å². The number of carbonyl (C=O) groups excluding carboxylic acids is 2. The lowest BCUT2D eigenvalue weighted by Crippen LogP contribution is -2.44. The summed E-state index contributed by atoms with van der Waals surface area (Å²) in [5.74, 6) is 0.312. The Bertz CT molecular complexity index is 1230. The van der Waals surface area contributed by atoms with Crippen molar-refractivity contribution in [2.24, 2.45) is 5.16 Å². The number of nitrogens with zero attached hydrogens (tertiary/aromatic N) is 3. The quantitative estimate of drug-likeness (QED) is 0.247. The maximum atomic E-state index is 12.5. The molecular weight excluding hydrogens is 502 g/mol. The number of rotatable bonds is 12. The lowest BCUT2D eigenvalue weighted by molar-refractivity contribution is -0.140. The van der Waals surface area contributed by atoms with Crippen LogP contribution in [-0.2, 0) is 25.8 Å². The van der Waals surface area contributed by atoms with Crippen LogP contribution in [0.5, 0.6) is 5.75 Å². The van der Waals surface area contributed by atoms with Gasteiger partial charge in [0.05, 0.1) is 18.9 Å². The minimum Gasteiger partial charge on any atom is -0.484 e. The zero-order valence-corrected chi connectivity index (χ0v) is 22.9. The summed E-state index contributed by atoms with van der Waals surface area (Å²) >= 11 is 1.71. The van der Waals surface area contributed by atoms with Crippen molar-refractivity contribution in [3.8, 4) is 5.75 Å². The van der Waals surface area contributed by atoms with Gasteiger partial charge in [0.15, 0.2) is 6.61 Å². The number of thiophene rings is 1. The average Bonchev–Trinajstić information content (AvgIpc) is 3.42. The number of likely N-dealkylation sites (tertiary alicyclic amines) is 1. The number of carbonyl (C=O) groups is 2. The maximum Gasteiger partial charge on any atom is 0.260 e. The normalized spacial score (nSPS) is 13.9. The van der Waals surface area contributed by atoms with Gasteiger partial charge in [0, 0.05) is 38.4 Å². The Balaban J connectivity index is 1.29. The number of benzene rings is 2. The molecule has 8 nitrogen and oxygen atoms in total. The molecule has 0 spiro atoms. The molecule has 0 radical (unpaired) electrons. The van der Waals surface area contributed by atoms with Crippen LogP contribution in [0.1, 0.15) is 36.8 Å². The van der Waals surface area contributed by atoms with Gasteiger partial charge < -0.3 is 24.1 Å². The maximum absolute atomic E-state index is 12.5. The second-order valence-corrected chi connectivity index (χ2v) is 10.3. The van der Waals surface area contributed by atoms with Crippen LogP contribution in [0.2, 0.25) is 0 Å². The predicted molar refractivity (Wildman–Crippen MR) is 150 cm³/mol. The monoisotopic (exact) mass is 537 g/mol. The number of hydrogen-bond acceptors (Lipinski definition) is 7. The molecule has 38 heavy (non-hydrogen) atoms. The van der Waals surface area contributed by atoms with Crippen LogP contribution in [0.15, 0.2) is 59.1 Å². The van der Waals surface area contributed by atoms with E-state index in [4.69, 9.17) is 14.3 Å². The van der Waals surface area contributed by atoms with Crippen molar-refractivity contribution < 1.29 is 23.9 Å². The molecule has 0 bridgehead atoms. The van der Waals surface area contributed by atoms with Crippen LogP contribution in [0.4, 0.5) is 0 Å². The number of piperidine rings is 1. The Morgan fingerprint density at radius 1 is 1.05 bits per heavy atom. The van der Waals surface area contributed by atoms with E-state index in [1.54, 1.807) is 37.6 Å². The molecule has 9 heteroatoms. The van der Waals surface area contributed by atoms with Gasteiger partial charge in [-0.2, -0.15) is 0 Å². The second kappa shape index (κ2) is 13.9. The van der Waals surface area contributed by atoms with Crippen molar-refractivity contribution in [1.82, 2.24) is 9.80 Å². The standard InChI is InChI=1S/C29H35N3O5S/c1-31(19-28(33)32-14-4-3-5-15-32)29(34)21-36-25-10-8-23(9-11-25)26(12-16-35-2)30-37-20-22-6-7-24-13-17-38-27(24)18-22/h6-11,13,17-18H,3-5,12,14-16,19-21H2,1-2H3. The summed E-state index contributed by atoms with van der Waals surface area (Å²) in [6.07, 6.45) is 3.80. The van der Waals surface area contributed by atoms with Crippen LogP contribution < -0.4 is 4.74 Å². The van der Waals surface area contributed by atoms with E-state index in [-0.39, 0.29) is 25.0 Å². The number of amides is 2. The Hall–Kier alpha value is -3.43. The number of oxime groups is 1. The number of ether oxygens (including phenoxy) is 2. The van der Waals surface area contributed by atoms with Gasteiger partial charge in [0.1, 0.15) is 12.4 Å². The number of hydrogen-bond donors (Lipinski definition) is 0. The van der Waals surface area contributed by atoms with Crippen molar-refractivity contribution in [2.75, 3.05) is 47.0 Å². The van der Waals surface area contributed by atoms with Gasteiger partial charge in [0.25, 0.3) is 5.91 Å². The molecule has 2 heterocycles. The summed E-state index contributed by atoms with van der Waals surface area (Å²) in [7, 11) is 3.29. The van der Waals surface area contributed by atoms with Gasteiger partial charge in [-0.25, -0.2) is 0 Å². The fourth-order valence-corrected chi connectivity index (χ4v) is 5.10. The summed E-state index contributed by atoms with van der Waals surface area (Å²) in [4.78, 5) is 33.9. The summed E-state index contributed by atoms with van der Waals surface area (Å²) in [5, 5.41) is 7.70. The summed E-state index contributed by atoms with van der Waals surface area (Å²) < 4.78 is 12.2. The van der Waals surface area contributed by atoms with Gasteiger partial charge in [-0.1, -0.05) is 17.3 Å². The van der Waals surface area contributed by atoms with Crippen molar-refractivity contribution in [1.29, 1.82) is 0 Å². The molecule has 0 unspecified atom stereocenters. The topological polar surface area (TPSA) is 80.7 Å². The van der Waals surface area contributed by atoms with E-state index in [9.17, 15) is 9.59 Å². The van der Waals surface area contributed by atoms with Crippen molar-refractivity contribution >= 4 is 38.9 Å².